The van der Waals surface area contributed by atoms with E-state index < -0.39 is 0 Å². The molecular weight excluding hydrogens is 381 g/mol. The zero-order valence-corrected chi connectivity index (χ0v) is 16.1. The van der Waals surface area contributed by atoms with Gasteiger partial charge in [0, 0.05) is 34.1 Å². The molecule has 0 aliphatic rings. The smallest absolute Gasteiger partial charge is 0.336 e. The van der Waals surface area contributed by atoms with E-state index in [1.165, 1.54) is 0 Å². The first-order chi connectivity index (χ1) is 13.0. The van der Waals surface area contributed by atoms with Crippen LogP contribution in [-0.2, 0) is 6.54 Å². The van der Waals surface area contributed by atoms with Crippen molar-refractivity contribution in [2.75, 3.05) is 0 Å². The van der Waals surface area contributed by atoms with Gasteiger partial charge < -0.3 is 9.73 Å². The molecule has 3 aromatic carbocycles. The summed E-state index contributed by atoms with van der Waals surface area (Å²) in [4.78, 5) is 12.0. The molecule has 4 rings (SSSR count). The Kier molecular flexibility index (Phi) is 4.92. The van der Waals surface area contributed by atoms with Gasteiger partial charge in [0.05, 0.1) is 0 Å². The van der Waals surface area contributed by atoms with Gasteiger partial charge in [-0.3, -0.25) is 0 Å². The van der Waals surface area contributed by atoms with Gasteiger partial charge >= 0.3 is 5.63 Å². The molecular formula is C22H17Cl2NO2. The van der Waals surface area contributed by atoms with Gasteiger partial charge in [-0.15, -0.1) is 0 Å². The summed E-state index contributed by atoms with van der Waals surface area (Å²) in [7, 11) is 0. The third kappa shape index (κ3) is 3.59. The molecule has 1 atom stereocenters. The first-order valence-electron chi connectivity index (χ1n) is 8.66. The van der Waals surface area contributed by atoms with Crippen LogP contribution in [-0.4, -0.2) is 0 Å². The third-order valence-electron chi connectivity index (χ3n) is 4.74. The highest BCUT2D eigenvalue weighted by Crippen LogP contribution is 2.29. The molecule has 1 aromatic heterocycles. The molecule has 0 amide bonds. The lowest BCUT2D eigenvalue weighted by Crippen LogP contribution is -2.19. The third-order valence-corrected chi connectivity index (χ3v) is 5.30. The van der Waals surface area contributed by atoms with Crippen molar-refractivity contribution in [1.29, 1.82) is 0 Å². The minimum absolute atomic E-state index is 0.00737. The highest BCUT2D eigenvalue weighted by atomic mass is 35.5. The van der Waals surface area contributed by atoms with Gasteiger partial charge in [0.25, 0.3) is 0 Å². The van der Waals surface area contributed by atoms with Crippen molar-refractivity contribution in [2.45, 2.75) is 19.5 Å². The van der Waals surface area contributed by atoms with Crippen molar-refractivity contribution in [3.8, 4) is 0 Å². The maximum absolute atomic E-state index is 12.0. The van der Waals surface area contributed by atoms with Crippen LogP contribution >= 0.6 is 23.2 Å². The summed E-state index contributed by atoms with van der Waals surface area (Å²) in [5.41, 5.74) is 2.09. The van der Waals surface area contributed by atoms with Crippen molar-refractivity contribution in [2.24, 2.45) is 0 Å². The van der Waals surface area contributed by atoms with E-state index in [1.54, 1.807) is 12.1 Å². The first kappa shape index (κ1) is 18.1. The van der Waals surface area contributed by atoms with Gasteiger partial charge in [-0.2, -0.15) is 0 Å². The van der Waals surface area contributed by atoms with Crippen LogP contribution in [0.15, 0.2) is 69.9 Å². The van der Waals surface area contributed by atoms with Crippen molar-refractivity contribution in [3.63, 3.8) is 0 Å². The van der Waals surface area contributed by atoms with Gasteiger partial charge in [0.2, 0.25) is 0 Å². The molecule has 1 unspecified atom stereocenters. The Morgan fingerprint density at radius 1 is 1.04 bits per heavy atom. The van der Waals surface area contributed by atoms with E-state index in [0.29, 0.717) is 22.2 Å². The second-order valence-electron chi connectivity index (χ2n) is 6.52. The molecule has 5 heteroatoms. The monoisotopic (exact) mass is 397 g/mol. The standard InChI is InChI=1S/C22H17Cl2NO2/c1-13(17-8-7-16(23)11-19(17)24)25-12-15-10-21(26)27-20-9-6-14-4-2-3-5-18(14)22(15)20/h2-11,13,25H,12H2,1H3. The molecule has 0 bridgehead atoms. The summed E-state index contributed by atoms with van der Waals surface area (Å²) in [6.45, 7) is 2.54. The average molecular weight is 398 g/mol. The summed E-state index contributed by atoms with van der Waals surface area (Å²) < 4.78 is 5.42. The van der Waals surface area contributed by atoms with E-state index in [1.807, 2.05) is 55.5 Å². The Balaban J connectivity index is 1.73. The van der Waals surface area contributed by atoms with E-state index in [2.05, 4.69) is 5.32 Å². The molecule has 0 aliphatic heterocycles. The first-order valence-corrected chi connectivity index (χ1v) is 9.41. The second kappa shape index (κ2) is 7.35. The van der Waals surface area contributed by atoms with Crippen molar-refractivity contribution in [3.05, 3.63) is 92.3 Å². The molecule has 0 aliphatic carbocycles. The lowest BCUT2D eigenvalue weighted by Gasteiger charge is -2.17. The van der Waals surface area contributed by atoms with Crippen LogP contribution in [0.5, 0.6) is 0 Å². The molecule has 1 N–H and O–H groups in total. The second-order valence-corrected chi connectivity index (χ2v) is 7.36. The Morgan fingerprint density at radius 2 is 1.85 bits per heavy atom. The minimum Gasteiger partial charge on any atom is -0.423 e. The molecule has 4 aromatic rings. The Bertz CT molecular complexity index is 1200. The predicted octanol–water partition coefficient (Wildman–Crippen LogP) is 6.10. The van der Waals surface area contributed by atoms with Gasteiger partial charge in [0.1, 0.15) is 5.58 Å². The van der Waals surface area contributed by atoms with E-state index >= 15 is 0 Å². The topological polar surface area (TPSA) is 42.2 Å². The largest absolute Gasteiger partial charge is 0.423 e. The minimum atomic E-state index is -0.355. The molecule has 0 saturated carbocycles. The number of hydrogen-bond acceptors (Lipinski definition) is 3. The van der Waals surface area contributed by atoms with E-state index in [9.17, 15) is 4.79 Å². The molecule has 0 spiro atoms. The summed E-state index contributed by atoms with van der Waals surface area (Å²) in [6.07, 6.45) is 0. The number of halogens is 2. The maximum atomic E-state index is 12.0. The van der Waals surface area contributed by atoms with Crippen LogP contribution in [0.3, 0.4) is 0 Å². The lowest BCUT2D eigenvalue weighted by atomic mass is 10.0. The highest BCUT2D eigenvalue weighted by Gasteiger charge is 2.13. The molecule has 27 heavy (non-hydrogen) atoms. The van der Waals surface area contributed by atoms with Gasteiger partial charge in [-0.05, 0) is 47.0 Å². The molecule has 0 saturated heterocycles. The Morgan fingerprint density at radius 3 is 2.67 bits per heavy atom. The number of nitrogens with one attached hydrogen (secondary N) is 1. The zero-order chi connectivity index (χ0) is 19.0. The van der Waals surface area contributed by atoms with Crippen LogP contribution in [0.25, 0.3) is 21.7 Å². The molecule has 3 nitrogen and oxygen atoms in total. The maximum Gasteiger partial charge on any atom is 0.336 e. The van der Waals surface area contributed by atoms with E-state index in [0.717, 1.165) is 27.3 Å². The average Bonchev–Trinajstić information content (AvgIpc) is 2.65. The summed E-state index contributed by atoms with van der Waals surface area (Å²) in [5, 5.41) is 7.79. The van der Waals surface area contributed by atoms with Crippen molar-refractivity contribution in [1.82, 2.24) is 5.32 Å². The summed E-state index contributed by atoms with van der Waals surface area (Å²) in [5.74, 6) is 0. The number of benzene rings is 3. The quantitative estimate of drug-likeness (QED) is 0.333. The number of fused-ring (bicyclic) bond motifs is 3. The molecule has 0 fully saturated rings. The fourth-order valence-electron chi connectivity index (χ4n) is 3.39. The lowest BCUT2D eigenvalue weighted by molar-refractivity contribution is 0.548. The van der Waals surface area contributed by atoms with Gasteiger partial charge in [-0.25, -0.2) is 4.79 Å². The molecule has 1 heterocycles. The van der Waals surface area contributed by atoms with Crippen LogP contribution in [0.2, 0.25) is 10.0 Å². The predicted molar refractivity (Wildman–Crippen MR) is 112 cm³/mol. The molecule has 0 radical (unpaired) electrons. The fourth-order valence-corrected chi connectivity index (χ4v) is 3.96. The van der Waals surface area contributed by atoms with E-state index in [4.69, 9.17) is 27.6 Å². The highest BCUT2D eigenvalue weighted by molar-refractivity contribution is 6.35. The van der Waals surface area contributed by atoms with Gasteiger partial charge in [0.15, 0.2) is 0 Å². The summed E-state index contributed by atoms with van der Waals surface area (Å²) >= 11 is 12.3. The van der Waals surface area contributed by atoms with Crippen molar-refractivity contribution < 1.29 is 4.42 Å². The van der Waals surface area contributed by atoms with E-state index in [-0.39, 0.29) is 11.7 Å². The summed E-state index contributed by atoms with van der Waals surface area (Å²) in [6, 6.07) is 18.9. The SMILES string of the molecule is CC(NCc1cc(=O)oc2ccc3ccccc3c12)c1ccc(Cl)cc1Cl. The van der Waals surface area contributed by atoms with Gasteiger partial charge in [-0.1, -0.05) is 59.6 Å². The van der Waals surface area contributed by atoms with Crippen molar-refractivity contribution >= 4 is 44.9 Å². The van der Waals surface area contributed by atoms with Crippen LogP contribution in [0.1, 0.15) is 24.1 Å². The normalized spacial score (nSPS) is 12.6. The Hall–Kier alpha value is -2.33. The van der Waals surface area contributed by atoms with Crippen LogP contribution < -0.4 is 10.9 Å². The zero-order valence-electron chi connectivity index (χ0n) is 14.6. The molecule has 136 valence electrons. The number of hydrogen-bond donors (Lipinski definition) is 1. The van der Waals surface area contributed by atoms with Crippen LogP contribution in [0, 0.1) is 0 Å². The Labute approximate surface area is 166 Å². The fraction of sp³-hybridized carbons (Fsp3) is 0.136. The van der Waals surface area contributed by atoms with Crippen LogP contribution in [0.4, 0.5) is 0 Å². The number of rotatable bonds is 4.